The van der Waals surface area contributed by atoms with Gasteiger partial charge in [0.15, 0.2) is 0 Å². The van der Waals surface area contributed by atoms with E-state index in [-0.39, 0.29) is 17.4 Å². The molecule has 0 spiro atoms. The van der Waals surface area contributed by atoms with Gasteiger partial charge in [0.2, 0.25) is 5.91 Å². The van der Waals surface area contributed by atoms with E-state index >= 15 is 0 Å². The molecule has 3 heterocycles. The molecule has 2 amide bonds. The Bertz CT molecular complexity index is 1450. The fourth-order valence-corrected chi connectivity index (χ4v) is 4.64. The highest BCUT2D eigenvalue weighted by molar-refractivity contribution is 5.92. The van der Waals surface area contributed by atoms with Crippen LogP contribution in [0.25, 0.3) is 27.8 Å². The van der Waals surface area contributed by atoms with E-state index in [1.165, 1.54) is 4.90 Å². The van der Waals surface area contributed by atoms with Crippen LogP contribution >= 0.6 is 0 Å². The Kier molecular flexibility index (Phi) is 5.53. The molecule has 0 radical (unpaired) electrons. The average Bonchev–Trinajstić information content (AvgIpc) is 3.27. The molecule has 0 saturated carbocycles. The number of likely N-dealkylation sites (tertiary alicyclic amines) is 1. The molecule has 1 aliphatic rings. The van der Waals surface area contributed by atoms with Crippen molar-refractivity contribution in [2.45, 2.75) is 19.8 Å². The molecule has 0 unspecified atom stereocenters. The van der Waals surface area contributed by atoms with Gasteiger partial charge in [-0.3, -0.25) is 9.59 Å². The zero-order valence-electron chi connectivity index (χ0n) is 18.8. The number of anilines is 1. The molecule has 2 aromatic heterocycles. The smallest absolute Gasteiger partial charge is 0.407 e. The Labute approximate surface area is 195 Å². The molecule has 2 aromatic carbocycles. The maximum atomic E-state index is 12.5. The summed E-state index contributed by atoms with van der Waals surface area (Å²) in [5, 5.41) is 14.5. The molecule has 9 nitrogen and oxygen atoms in total. The van der Waals surface area contributed by atoms with Crippen molar-refractivity contribution in [3.63, 3.8) is 0 Å². The molecule has 1 aliphatic heterocycles. The van der Waals surface area contributed by atoms with Gasteiger partial charge in [-0.15, -0.1) is 0 Å². The third kappa shape index (κ3) is 4.00. The first-order chi connectivity index (χ1) is 16.4. The number of nitrogens with zero attached hydrogens (tertiary/aromatic N) is 4. The van der Waals surface area contributed by atoms with Crippen molar-refractivity contribution in [2.24, 2.45) is 5.92 Å². The van der Waals surface area contributed by atoms with Crippen molar-refractivity contribution in [3.8, 4) is 11.3 Å². The van der Waals surface area contributed by atoms with E-state index in [1.54, 1.807) is 22.4 Å². The number of hydrogen-bond donors (Lipinski definition) is 2. The summed E-state index contributed by atoms with van der Waals surface area (Å²) in [7, 11) is 0. The first-order valence-corrected chi connectivity index (χ1v) is 11.3. The van der Waals surface area contributed by atoms with Crippen LogP contribution in [-0.2, 0) is 4.79 Å². The summed E-state index contributed by atoms with van der Waals surface area (Å²) in [6.07, 6.45) is 0.557. The van der Waals surface area contributed by atoms with Crippen LogP contribution in [0.1, 0.15) is 19.8 Å². The first kappa shape index (κ1) is 21.7. The van der Waals surface area contributed by atoms with E-state index < -0.39 is 6.09 Å². The fourth-order valence-electron chi connectivity index (χ4n) is 4.64. The summed E-state index contributed by atoms with van der Waals surface area (Å²) in [4.78, 5) is 42.2. The van der Waals surface area contributed by atoms with Crippen LogP contribution in [0.3, 0.4) is 0 Å². The van der Waals surface area contributed by atoms with Gasteiger partial charge in [-0.25, -0.2) is 9.31 Å². The minimum Gasteiger partial charge on any atom is -0.465 e. The Morgan fingerprint density at radius 2 is 1.88 bits per heavy atom. The van der Waals surface area contributed by atoms with Gasteiger partial charge >= 0.3 is 6.09 Å². The van der Waals surface area contributed by atoms with E-state index in [4.69, 9.17) is 5.10 Å². The molecular weight excluding hydrogens is 434 g/mol. The van der Waals surface area contributed by atoms with Crippen molar-refractivity contribution in [3.05, 3.63) is 65.0 Å². The standard InChI is InChI=1S/C25H25N5O4/c1-16(31)29(15-17-9-11-28(12-10-17)25(33)34)19-6-4-5-18(13-19)21-14-23-26-24(32)20-7-2-3-8-22(20)30(23)27-21/h2-8,13-14,17H,9-12,15H2,1H3,(H,26,32)(H,33,34). The number of carbonyl (C=O) groups is 2. The average molecular weight is 460 g/mol. The second-order valence-electron chi connectivity index (χ2n) is 8.69. The number of para-hydroxylation sites is 1. The van der Waals surface area contributed by atoms with Gasteiger partial charge < -0.3 is 19.9 Å². The predicted octanol–water partition coefficient (Wildman–Crippen LogP) is 3.59. The third-order valence-electron chi connectivity index (χ3n) is 6.49. The van der Waals surface area contributed by atoms with Crippen molar-refractivity contribution < 1.29 is 14.7 Å². The largest absolute Gasteiger partial charge is 0.465 e. The zero-order chi connectivity index (χ0) is 23.8. The van der Waals surface area contributed by atoms with Gasteiger partial charge in [0.1, 0.15) is 5.65 Å². The van der Waals surface area contributed by atoms with Crippen LogP contribution in [0.2, 0.25) is 0 Å². The number of rotatable bonds is 4. The SMILES string of the molecule is CC(=O)N(CC1CCN(C(=O)O)CC1)c1cccc(-c2cc3[nH]c(=O)c4ccccc4n3n2)c1. The summed E-state index contributed by atoms with van der Waals surface area (Å²) < 4.78 is 1.72. The van der Waals surface area contributed by atoms with Crippen LogP contribution in [0.4, 0.5) is 10.5 Å². The number of hydrogen-bond acceptors (Lipinski definition) is 4. The summed E-state index contributed by atoms with van der Waals surface area (Å²) in [6, 6.07) is 16.8. The number of piperidine rings is 1. The van der Waals surface area contributed by atoms with Gasteiger partial charge in [0, 0.05) is 43.9 Å². The van der Waals surface area contributed by atoms with Gasteiger partial charge in [0.25, 0.3) is 5.56 Å². The lowest BCUT2D eigenvalue weighted by Gasteiger charge is -2.33. The van der Waals surface area contributed by atoms with Crippen LogP contribution in [0.15, 0.2) is 59.4 Å². The highest BCUT2D eigenvalue weighted by atomic mass is 16.4. The maximum Gasteiger partial charge on any atom is 0.407 e. The Balaban J connectivity index is 1.45. The summed E-state index contributed by atoms with van der Waals surface area (Å²) in [5.74, 6) is 0.165. The van der Waals surface area contributed by atoms with Crippen molar-refractivity contribution in [1.29, 1.82) is 0 Å². The highest BCUT2D eigenvalue weighted by Crippen LogP contribution is 2.28. The van der Waals surface area contributed by atoms with E-state index in [2.05, 4.69) is 4.98 Å². The molecule has 0 atom stereocenters. The lowest BCUT2D eigenvalue weighted by atomic mass is 9.96. The summed E-state index contributed by atoms with van der Waals surface area (Å²) in [5.41, 5.74) is 3.44. The third-order valence-corrected chi connectivity index (χ3v) is 6.49. The van der Waals surface area contributed by atoms with E-state index in [9.17, 15) is 19.5 Å². The Morgan fingerprint density at radius 1 is 1.12 bits per heavy atom. The molecule has 1 saturated heterocycles. The monoisotopic (exact) mass is 459 g/mol. The first-order valence-electron chi connectivity index (χ1n) is 11.3. The van der Waals surface area contributed by atoms with Crippen LogP contribution in [-0.4, -0.2) is 56.2 Å². The quantitative estimate of drug-likeness (QED) is 0.485. The second-order valence-corrected chi connectivity index (χ2v) is 8.69. The molecule has 1 fully saturated rings. The molecule has 174 valence electrons. The molecular formula is C25H25N5O4. The van der Waals surface area contributed by atoms with Gasteiger partial charge in [-0.05, 0) is 43.0 Å². The number of carboxylic acid groups (broad SMARTS) is 1. The van der Waals surface area contributed by atoms with Gasteiger partial charge in [0.05, 0.1) is 16.6 Å². The van der Waals surface area contributed by atoms with Gasteiger partial charge in [-0.1, -0.05) is 24.3 Å². The number of fused-ring (bicyclic) bond motifs is 3. The predicted molar refractivity (Wildman–Crippen MR) is 129 cm³/mol. The topological polar surface area (TPSA) is 111 Å². The van der Waals surface area contributed by atoms with Crippen molar-refractivity contribution >= 4 is 34.2 Å². The summed E-state index contributed by atoms with van der Waals surface area (Å²) in [6.45, 7) is 3.05. The molecule has 34 heavy (non-hydrogen) atoms. The van der Waals surface area contributed by atoms with Crippen molar-refractivity contribution in [2.75, 3.05) is 24.5 Å². The van der Waals surface area contributed by atoms with E-state index in [0.29, 0.717) is 36.4 Å². The molecule has 2 N–H and O–H groups in total. The number of aromatic nitrogens is 3. The number of nitrogens with one attached hydrogen (secondary N) is 1. The zero-order valence-corrected chi connectivity index (χ0v) is 18.8. The van der Waals surface area contributed by atoms with E-state index in [1.807, 2.05) is 48.5 Å². The summed E-state index contributed by atoms with van der Waals surface area (Å²) >= 11 is 0. The number of benzene rings is 2. The van der Waals surface area contributed by atoms with Crippen LogP contribution < -0.4 is 10.5 Å². The van der Waals surface area contributed by atoms with Gasteiger partial charge in [-0.2, -0.15) is 5.10 Å². The number of amides is 2. The Hall–Kier alpha value is -4.14. The lowest BCUT2D eigenvalue weighted by molar-refractivity contribution is -0.116. The maximum absolute atomic E-state index is 12.5. The van der Waals surface area contributed by atoms with Crippen LogP contribution in [0, 0.1) is 5.92 Å². The van der Waals surface area contributed by atoms with E-state index in [0.717, 1.165) is 29.6 Å². The van der Waals surface area contributed by atoms with Crippen molar-refractivity contribution in [1.82, 2.24) is 19.5 Å². The minimum atomic E-state index is -0.892. The molecule has 0 bridgehead atoms. The fraction of sp³-hybridized carbons (Fsp3) is 0.280. The minimum absolute atomic E-state index is 0.0665. The molecule has 4 aromatic rings. The van der Waals surface area contributed by atoms with Crippen LogP contribution in [0.5, 0.6) is 0 Å². The second kappa shape index (κ2) is 8.66. The number of aromatic amines is 1. The highest BCUT2D eigenvalue weighted by Gasteiger charge is 2.25. The Morgan fingerprint density at radius 3 is 2.62 bits per heavy atom. The normalized spacial score (nSPS) is 14.6. The number of H-pyrrole nitrogens is 1. The lowest BCUT2D eigenvalue weighted by Crippen LogP contribution is -2.42. The molecule has 0 aliphatic carbocycles. The number of carbonyl (C=O) groups excluding carboxylic acids is 1. The molecule has 5 rings (SSSR count). The molecule has 9 heteroatoms.